The van der Waals surface area contributed by atoms with Crippen molar-refractivity contribution in [3.8, 4) is 0 Å². The van der Waals surface area contributed by atoms with E-state index in [0.29, 0.717) is 0 Å². The molecule has 0 aromatic carbocycles. The molecule has 2 rings (SSSR count). The first-order valence-corrected chi connectivity index (χ1v) is 5.43. The van der Waals surface area contributed by atoms with Crippen LogP contribution in [0.1, 0.15) is 19.3 Å². The number of hydrogen-bond acceptors (Lipinski definition) is 0. The van der Waals surface area contributed by atoms with E-state index in [-0.39, 0.29) is 0 Å². The van der Waals surface area contributed by atoms with Crippen LogP contribution < -0.4 is 0 Å². The van der Waals surface area contributed by atoms with Gasteiger partial charge >= 0.3 is 0 Å². The third-order valence-electron chi connectivity index (χ3n) is 2.62. The molecule has 0 heterocycles. The fraction of sp³-hybridized carbons (Fsp3) is 0.600. The van der Waals surface area contributed by atoms with Crippen molar-refractivity contribution in [2.45, 2.75) is 19.3 Å². The summed E-state index contributed by atoms with van der Waals surface area (Å²) >= 11 is 3.53. The first-order valence-electron chi connectivity index (χ1n) is 4.30. The number of rotatable bonds is 1. The average molecular weight is 213 g/mol. The summed E-state index contributed by atoms with van der Waals surface area (Å²) in [7, 11) is 0. The Bertz CT molecular complexity index is 203. The van der Waals surface area contributed by atoms with Gasteiger partial charge in [0.2, 0.25) is 0 Å². The quantitative estimate of drug-likeness (QED) is 0.463. The molecular weight excluding hydrogens is 200 g/mol. The smallest absolute Gasteiger partial charge is 0.0242 e. The van der Waals surface area contributed by atoms with Gasteiger partial charge < -0.3 is 0 Å². The monoisotopic (exact) mass is 212 g/mol. The van der Waals surface area contributed by atoms with Crippen LogP contribution in [-0.4, -0.2) is 5.33 Å². The van der Waals surface area contributed by atoms with Crippen LogP contribution in [0.3, 0.4) is 0 Å². The Morgan fingerprint density at radius 3 is 3.09 bits per heavy atom. The number of allylic oxidation sites excluding steroid dienone is 4. The molecule has 2 aliphatic carbocycles. The molecule has 2 atom stereocenters. The Kier molecular flexibility index (Phi) is 2.17. The van der Waals surface area contributed by atoms with Crippen molar-refractivity contribution >= 4 is 15.9 Å². The van der Waals surface area contributed by atoms with Crippen molar-refractivity contribution in [3.63, 3.8) is 0 Å². The summed E-state index contributed by atoms with van der Waals surface area (Å²) in [5.41, 5.74) is 1.61. The topological polar surface area (TPSA) is 0 Å². The number of halogens is 1. The normalized spacial score (nSPS) is 35.2. The number of hydrogen-bond donors (Lipinski definition) is 0. The molecule has 0 aromatic heterocycles. The average Bonchev–Trinajstić information content (AvgIpc) is 2.03. The van der Waals surface area contributed by atoms with Crippen molar-refractivity contribution in [2.24, 2.45) is 11.8 Å². The first-order chi connectivity index (χ1) is 5.38. The summed E-state index contributed by atoms with van der Waals surface area (Å²) in [4.78, 5) is 0. The maximum Gasteiger partial charge on any atom is 0.0242 e. The van der Waals surface area contributed by atoms with Gasteiger partial charge in [-0.1, -0.05) is 39.7 Å². The third-order valence-corrected chi connectivity index (χ3v) is 3.34. The van der Waals surface area contributed by atoms with Gasteiger partial charge in [-0.3, -0.25) is 0 Å². The van der Waals surface area contributed by atoms with Gasteiger partial charge in [-0.15, -0.1) is 0 Å². The van der Waals surface area contributed by atoms with Crippen LogP contribution in [0.25, 0.3) is 0 Å². The lowest BCUT2D eigenvalue weighted by Gasteiger charge is -2.28. The molecule has 0 radical (unpaired) electrons. The molecule has 2 bridgehead atoms. The summed E-state index contributed by atoms with van der Waals surface area (Å²) < 4.78 is 0. The largest absolute Gasteiger partial charge is 0.0880 e. The van der Waals surface area contributed by atoms with Crippen LogP contribution in [0.15, 0.2) is 23.8 Å². The predicted octanol–water partition coefficient (Wildman–Crippen LogP) is 3.29. The Labute approximate surface area is 76.5 Å². The lowest BCUT2D eigenvalue weighted by atomic mass is 9.78. The van der Waals surface area contributed by atoms with Crippen molar-refractivity contribution in [1.82, 2.24) is 0 Å². The molecule has 0 N–H and O–H groups in total. The maximum absolute atomic E-state index is 3.53. The fourth-order valence-electron chi connectivity index (χ4n) is 2.13. The molecule has 0 saturated carbocycles. The van der Waals surface area contributed by atoms with Crippen LogP contribution in [0, 0.1) is 11.8 Å². The van der Waals surface area contributed by atoms with E-state index in [0.717, 1.165) is 17.2 Å². The highest BCUT2D eigenvalue weighted by molar-refractivity contribution is 9.09. The van der Waals surface area contributed by atoms with Crippen molar-refractivity contribution in [1.29, 1.82) is 0 Å². The summed E-state index contributed by atoms with van der Waals surface area (Å²) in [5.74, 6) is 1.71. The molecule has 0 amide bonds. The van der Waals surface area contributed by atoms with Crippen LogP contribution >= 0.6 is 15.9 Å². The SMILES string of the molecule is BrCC1=CC2CC=CC(C1)C2. The van der Waals surface area contributed by atoms with Crippen molar-refractivity contribution < 1.29 is 0 Å². The van der Waals surface area contributed by atoms with Crippen LogP contribution in [0.5, 0.6) is 0 Å². The maximum atomic E-state index is 3.53. The second-order valence-corrected chi connectivity index (χ2v) is 4.14. The second kappa shape index (κ2) is 3.14. The van der Waals surface area contributed by atoms with Gasteiger partial charge in [0.05, 0.1) is 0 Å². The highest BCUT2D eigenvalue weighted by Crippen LogP contribution is 2.35. The molecule has 1 heteroatoms. The first kappa shape index (κ1) is 7.60. The summed E-state index contributed by atoms with van der Waals surface area (Å²) in [6.45, 7) is 0. The standard InChI is InChI=1S/C10H13Br/c11-7-10-5-8-2-1-3-9(4-8)6-10/h1-2,6,8-9H,3-5,7H2. The fourth-order valence-corrected chi connectivity index (χ4v) is 2.55. The molecule has 0 aliphatic heterocycles. The molecule has 2 unspecified atom stereocenters. The molecular formula is C10H13Br. The minimum atomic E-state index is 0.853. The molecule has 0 fully saturated rings. The van der Waals surface area contributed by atoms with E-state index in [1.165, 1.54) is 19.3 Å². The van der Waals surface area contributed by atoms with Crippen LogP contribution in [0.2, 0.25) is 0 Å². The minimum Gasteiger partial charge on any atom is -0.0880 e. The molecule has 0 spiro atoms. The molecule has 0 nitrogen and oxygen atoms in total. The van der Waals surface area contributed by atoms with Gasteiger partial charge in [0.1, 0.15) is 0 Å². The van der Waals surface area contributed by atoms with E-state index in [1.54, 1.807) is 5.57 Å². The Balaban J connectivity index is 2.15. The summed E-state index contributed by atoms with van der Waals surface area (Å²) in [6, 6.07) is 0. The lowest BCUT2D eigenvalue weighted by molar-refractivity contribution is 0.431. The highest BCUT2D eigenvalue weighted by Gasteiger charge is 2.21. The van der Waals surface area contributed by atoms with Crippen molar-refractivity contribution in [2.75, 3.05) is 5.33 Å². The zero-order valence-corrected chi connectivity index (χ0v) is 8.18. The van der Waals surface area contributed by atoms with Gasteiger partial charge in [-0.2, -0.15) is 0 Å². The minimum absolute atomic E-state index is 0.853. The molecule has 0 aromatic rings. The van der Waals surface area contributed by atoms with Gasteiger partial charge in [0.25, 0.3) is 0 Å². The zero-order chi connectivity index (χ0) is 7.68. The van der Waals surface area contributed by atoms with Gasteiger partial charge in [-0.25, -0.2) is 0 Å². The Hall–Kier alpha value is -0.0400. The van der Waals surface area contributed by atoms with Gasteiger partial charge in [0.15, 0.2) is 0 Å². The van der Waals surface area contributed by atoms with E-state index in [1.807, 2.05) is 0 Å². The van der Waals surface area contributed by atoms with E-state index < -0.39 is 0 Å². The van der Waals surface area contributed by atoms with E-state index in [9.17, 15) is 0 Å². The van der Waals surface area contributed by atoms with Crippen LogP contribution in [0.4, 0.5) is 0 Å². The molecule has 60 valence electrons. The third kappa shape index (κ3) is 1.58. The molecule has 2 aliphatic rings. The van der Waals surface area contributed by atoms with Crippen LogP contribution in [-0.2, 0) is 0 Å². The number of fused-ring (bicyclic) bond motifs is 2. The Morgan fingerprint density at radius 2 is 2.36 bits per heavy atom. The predicted molar refractivity (Wildman–Crippen MR) is 51.8 cm³/mol. The van der Waals surface area contributed by atoms with E-state index in [4.69, 9.17) is 0 Å². The number of alkyl halides is 1. The second-order valence-electron chi connectivity index (χ2n) is 3.58. The van der Waals surface area contributed by atoms with E-state index >= 15 is 0 Å². The highest BCUT2D eigenvalue weighted by atomic mass is 79.9. The van der Waals surface area contributed by atoms with Crippen molar-refractivity contribution in [3.05, 3.63) is 23.8 Å². The van der Waals surface area contributed by atoms with Gasteiger partial charge in [0, 0.05) is 5.33 Å². The molecule has 11 heavy (non-hydrogen) atoms. The van der Waals surface area contributed by atoms with Gasteiger partial charge in [-0.05, 0) is 31.1 Å². The summed E-state index contributed by atoms with van der Waals surface area (Å²) in [6.07, 6.45) is 11.2. The lowest BCUT2D eigenvalue weighted by Crippen LogP contribution is -2.16. The molecule has 0 saturated heterocycles. The van der Waals surface area contributed by atoms with E-state index in [2.05, 4.69) is 34.2 Å². The summed E-state index contributed by atoms with van der Waals surface area (Å²) in [5, 5.41) is 1.08. The zero-order valence-electron chi connectivity index (χ0n) is 6.59. The Morgan fingerprint density at radius 1 is 1.45 bits per heavy atom.